The van der Waals surface area contributed by atoms with Crippen molar-refractivity contribution in [1.29, 1.82) is 0 Å². The molecule has 9 heteroatoms. The zero-order chi connectivity index (χ0) is 14.0. The van der Waals surface area contributed by atoms with Crippen LogP contribution in [0.3, 0.4) is 0 Å². The van der Waals surface area contributed by atoms with Crippen LogP contribution < -0.4 is 4.74 Å². The van der Waals surface area contributed by atoms with Crippen molar-refractivity contribution in [2.75, 3.05) is 0 Å². The quantitative estimate of drug-likeness (QED) is 0.482. The van der Waals surface area contributed by atoms with E-state index in [1.165, 1.54) is 12.3 Å². The molecule has 0 saturated carbocycles. The summed E-state index contributed by atoms with van der Waals surface area (Å²) in [6.07, 6.45) is 1.39. The fourth-order valence-corrected chi connectivity index (χ4v) is 1.92. The van der Waals surface area contributed by atoms with Crippen LogP contribution in [-0.4, -0.2) is 14.9 Å². The fourth-order valence-electron chi connectivity index (χ4n) is 1.23. The van der Waals surface area contributed by atoms with Crippen LogP contribution in [0.2, 0.25) is 15.3 Å². The van der Waals surface area contributed by atoms with Gasteiger partial charge in [0, 0.05) is 24.4 Å². The van der Waals surface area contributed by atoms with Crippen LogP contribution >= 0.6 is 34.8 Å². The number of nitro groups is 1. The molecule has 0 spiro atoms. The van der Waals surface area contributed by atoms with Crippen LogP contribution in [0.1, 0.15) is 0 Å². The van der Waals surface area contributed by atoms with E-state index in [1.54, 1.807) is 0 Å². The Balaban J connectivity index is 2.38. The SMILES string of the molecule is O=[N+]([O-])c1cc(Cl)c(Oc2ccnc(Cl)n2)c(Cl)c1. The molecule has 0 amide bonds. The Morgan fingerprint density at radius 1 is 1.21 bits per heavy atom. The zero-order valence-electron chi connectivity index (χ0n) is 9.01. The highest BCUT2D eigenvalue weighted by Crippen LogP contribution is 2.38. The van der Waals surface area contributed by atoms with E-state index in [9.17, 15) is 10.1 Å². The number of non-ortho nitro benzene ring substituents is 1. The molecule has 1 aromatic carbocycles. The summed E-state index contributed by atoms with van der Waals surface area (Å²) in [5.74, 6) is 0.182. The molecule has 0 bridgehead atoms. The summed E-state index contributed by atoms with van der Waals surface area (Å²) in [7, 11) is 0. The number of ether oxygens (including phenoxy) is 1. The molecule has 2 rings (SSSR count). The summed E-state index contributed by atoms with van der Waals surface area (Å²) in [5.41, 5.74) is -0.233. The summed E-state index contributed by atoms with van der Waals surface area (Å²) in [6.45, 7) is 0. The number of nitro benzene ring substituents is 1. The molecule has 0 saturated heterocycles. The van der Waals surface area contributed by atoms with Crippen molar-refractivity contribution in [2.45, 2.75) is 0 Å². The first-order chi connectivity index (χ1) is 8.97. The molecule has 1 aromatic heterocycles. The Morgan fingerprint density at radius 3 is 2.37 bits per heavy atom. The maximum absolute atomic E-state index is 10.6. The highest BCUT2D eigenvalue weighted by atomic mass is 35.5. The van der Waals surface area contributed by atoms with E-state index in [0.29, 0.717) is 0 Å². The van der Waals surface area contributed by atoms with E-state index in [4.69, 9.17) is 39.5 Å². The highest BCUT2D eigenvalue weighted by Gasteiger charge is 2.16. The third-order valence-electron chi connectivity index (χ3n) is 2.00. The Morgan fingerprint density at radius 2 is 1.84 bits per heavy atom. The van der Waals surface area contributed by atoms with Crippen molar-refractivity contribution in [3.63, 3.8) is 0 Å². The zero-order valence-corrected chi connectivity index (χ0v) is 11.3. The maximum Gasteiger partial charge on any atom is 0.272 e. The molecule has 98 valence electrons. The number of aromatic nitrogens is 2. The van der Waals surface area contributed by atoms with Gasteiger partial charge < -0.3 is 4.74 Å². The van der Waals surface area contributed by atoms with Crippen molar-refractivity contribution in [2.24, 2.45) is 0 Å². The van der Waals surface area contributed by atoms with E-state index in [-0.39, 0.29) is 32.6 Å². The number of hydrogen-bond acceptors (Lipinski definition) is 5. The highest BCUT2D eigenvalue weighted by molar-refractivity contribution is 6.37. The lowest BCUT2D eigenvalue weighted by Crippen LogP contribution is -1.93. The third kappa shape index (κ3) is 3.23. The molecule has 2 aromatic rings. The number of hydrogen-bond donors (Lipinski definition) is 0. The van der Waals surface area contributed by atoms with Gasteiger partial charge in [-0.3, -0.25) is 10.1 Å². The van der Waals surface area contributed by atoms with Gasteiger partial charge in [0.25, 0.3) is 5.69 Å². The lowest BCUT2D eigenvalue weighted by molar-refractivity contribution is -0.384. The van der Waals surface area contributed by atoms with E-state index in [2.05, 4.69) is 9.97 Å². The minimum atomic E-state index is -0.608. The molecule has 0 atom stereocenters. The smallest absolute Gasteiger partial charge is 0.272 e. The molecule has 19 heavy (non-hydrogen) atoms. The van der Waals surface area contributed by atoms with Crippen LogP contribution in [0.5, 0.6) is 11.6 Å². The van der Waals surface area contributed by atoms with Crippen LogP contribution in [0.4, 0.5) is 5.69 Å². The van der Waals surface area contributed by atoms with E-state index in [0.717, 1.165) is 12.1 Å². The summed E-state index contributed by atoms with van der Waals surface area (Å²) >= 11 is 17.4. The summed E-state index contributed by atoms with van der Waals surface area (Å²) in [5, 5.41) is 10.6. The first kappa shape index (κ1) is 13.8. The molecule has 0 aliphatic carbocycles. The monoisotopic (exact) mass is 319 g/mol. The third-order valence-corrected chi connectivity index (χ3v) is 2.74. The maximum atomic E-state index is 10.6. The number of benzene rings is 1. The molecular weight excluding hydrogens is 316 g/mol. The predicted molar refractivity (Wildman–Crippen MR) is 70.2 cm³/mol. The van der Waals surface area contributed by atoms with Crippen molar-refractivity contribution >= 4 is 40.5 Å². The van der Waals surface area contributed by atoms with Crippen molar-refractivity contribution in [3.05, 3.63) is 49.8 Å². The lowest BCUT2D eigenvalue weighted by atomic mass is 10.3. The van der Waals surface area contributed by atoms with E-state index in [1.807, 2.05) is 0 Å². The van der Waals surface area contributed by atoms with Gasteiger partial charge in [-0.15, -0.1) is 0 Å². The fraction of sp³-hybridized carbons (Fsp3) is 0. The minimum absolute atomic E-state index is 0.00562. The van der Waals surface area contributed by atoms with Crippen molar-refractivity contribution in [1.82, 2.24) is 9.97 Å². The molecule has 0 radical (unpaired) electrons. The van der Waals surface area contributed by atoms with Crippen LogP contribution in [-0.2, 0) is 0 Å². The second kappa shape index (κ2) is 5.56. The standard InChI is InChI=1S/C10H4Cl3N3O3/c11-6-3-5(16(17)18)4-7(12)9(6)19-8-1-2-14-10(13)15-8/h1-4H. The van der Waals surface area contributed by atoms with Gasteiger partial charge in [0.15, 0.2) is 5.75 Å². The molecular formula is C10H4Cl3N3O3. The minimum Gasteiger partial charge on any atom is -0.436 e. The van der Waals surface area contributed by atoms with Gasteiger partial charge in [-0.05, 0) is 11.6 Å². The van der Waals surface area contributed by atoms with Crippen LogP contribution in [0.25, 0.3) is 0 Å². The molecule has 1 heterocycles. The molecule has 0 unspecified atom stereocenters. The Bertz CT molecular complexity index is 628. The Hall–Kier alpha value is -1.63. The average molecular weight is 321 g/mol. The van der Waals surface area contributed by atoms with Gasteiger partial charge >= 0.3 is 0 Å². The number of nitrogens with zero attached hydrogens (tertiary/aromatic N) is 3. The first-order valence-corrected chi connectivity index (χ1v) is 5.90. The lowest BCUT2D eigenvalue weighted by Gasteiger charge is -2.08. The Labute approximate surface area is 122 Å². The van der Waals surface area contributed by atoms with Gasteiger partial charge in [0.1, 0.15) is 0 Å². The Kier molecular flexibility index (Phi) is 4.04. The topological polar surface area (TPSA) is 78.2 Å². The second-order valence-electron chi connectivity index (χ2n) is 3.26. The van der Waals surface area contributed by atoms with Crippen LogP contribution in [0.15, 0.2) is 24.4 Å². The molecule has 6 nitrogen and oxygen atoms in total. The number of rotatable bonds is 3. The average Bonchev–Trinajstić information content (AvgIpc) is 2.33. The van der Waals surface area contributed by atoms with Gasteiger partial charge in [0.2, 0.25) is 11.2 Å². The van der Waals surface area contributed by atoms with Gasteiger partial charge in [-0.25, -0.2) is 4.98 Å². The summed E-state index contributed by atoms with van der Waals surface area (Å²) in [6, 6.07) is 3.71. The van der Waals surface area contributed by atoms with E-state index < -0.39 is 4.92 Å². The molecule has 0 aliphatic heterocycles. The normalized spacial score (nSPS) is 10.3. The predicted octanol–water partition coefficient (Wildman–Crippen LogP) is 4.14. The van der Waals surface area contributed by atoms with E-state index >= 15 is 0 Å². The molecule has 0 N–H and O–H groups in total. The van der Waals surface area contributed by atoms with Crippen molar-refractivity contribution in [3.8, 4) is 11.6 Å². The first-order valence-electron chi connectivity index (χ1n) is 4.77. The van der Waals surface area contributed by atoms with Crippen molar-refractivity contribution < 1.29 is 9.66 Å². The molecule has 0 aliphatic rings. The van der Waals surface area contributed by atoms with Gasteiger partial charge in [0.05, 0.1) is 15.0 Å². The largest absolute Gasteiger partial charge is 0.436 e. The summed E-state index contributed by atoms with van der Waals surface area (Å²) < 4.78 is 5.33. The van der Waals surface area contributed by atoms with Crippen LogP contribution in [0, 0.1) is 10.1 Å². The summed E-state index contributed by atoms with van der Waals surface area (Å²) in [4.78, 5) is 17.5. The van der Waals surface area contributed by atoms with Gasteiger partial charge in [-0.2, -0.15) is 4.98 Å². The molecule has 0 fully saturated rings. The second-order valence-corrected chi connectivity index (χ2v) is 4.41. The number of halogens is 3. The van der Waals surface area contributed by atoms with Gasteiger partial charge in [-0.1, -0.05) is 23.2 Å².